The lowest BCUT2D eigenvalue weighted by molar-refractivity contribution is -0.144. The van der Waals surface area contributed by atoms with Crippen LogP contribution in [0, 0.1) is 5.92 Å². The number of ether oxygens (including phenoxy) is 3. The monoisotopic (exact) mass is 1440 g/mol. The first kappa shape index (κ1) is 75.2. The Hall–Kier alpha value is -6.85. The average molecular weight is 1450 g/mol. The molecule has 0 spiro atoms. The first-order chi connectivity index (χ1) is 44.0. The molecule has 3 N–H and O–H groups in total. The van der Waals surface area contributed by atoms with Crippen LogP contribution in [0.3, 0.4) is 0 Å². The number of aryl methyl sites for hydroxylation is 5. The van der Waals surface area contributed by atoms with Gasteiger partial charge in [-0.15, -0.1) is 45.8 Å². The second kappa shape index (κ2) is 35.1. The molecule has 498 valence electrons. The Morgan fingerprint density at radius 1 is 0.645 bits per heavy atom. The summed E-state index contributed by atoms with van der Waals surface area (Å²) in [5.74, 6) is -1.07. The summed E-state index contributed by atoms with van der Waals surface area (Å²) < 4.78 is 48.2. The lowest BCUT2D eigenvalue weighted by Gasteiger charge is -2.20. The van der Waals surface area contributed by atoms with Crippen molar-refractivity contribution < 1.29 is 46.9 Å². The summed E-state index contributed by atoms with van der Waals surface area (Å²) >= 11 is 10.8. The highest BCUT2D eigenvalue weighted by atomic mass is 79.9. The Labute approximate surface area is 573 Å². The van der Waals surface area contributed by atoms with E-state index < -0.39 is 27.0 Å². The Kier molecular flexibility index (Phi) is 28.3. The number of hydrogen-bond acceptors (Lipinski definition) is 21. The number of halogens is 1. The molecule has 0 aliphatic carbocycles. The lowest BCUT2D eigenvalue weighted by Crippen LogP contribution is -2.23. The summed E-state index contributed by atoms with van der Waals surface area (Å²) in [6.45, 7) is 20.3. The van der Waals surface area contributed by atoms with E-state index in [0.29, 0.717) is 52.0 Å². The van der Waals surface area contributed by atoms with Crippen molar-refractivity contribution >= 4 is 107 Å². The zero-order chi connectivity index (χ0) is 68.2. The number of rotatable bonds is 23. The van der Waals surface area contributed by atoms with Crippen molar-refractivity contribution in [3.8, 4) is 33.4 Å². The summed E-state index contributed by atoms with van der Waals surface area (Å²) in [6, 6.07) is 15.4. The molecule has 0 fully saturated rings. The van der Waals surface area contributed by atoms with E-state index in [2.05, 4.69) is 79.9 Å². The van der Waals surface area contributed by atoms with Crippen LogP contribution in [0.1, 0.15) is 147 Å². The molecule has 0 aliphatic rings. The fourth-order valence-corrected chi connectivity index (χ4v) is 14.7. The molecule has 0 bridgehead atoms. The smallest absolute Gasteiger partial charge is 0.338 e. The van der Waals surface area contributed by atoms with Crippen molar-refractivity contribution in [3.05, 3.63) is 144 Å². The van der Waals surface area contributed by atoms with E-state index in [1.807, 2.05) is 109 Å². The van der Waals surface area contributed by atoms with Crippen LogP contribution in [0.5, 0.6) is 0 Å². The zero-order valence-electron chi connectivity index (χ0n) is 54.6. The summed E-state index contributed by atoms with van der Waals surface area (Å²) in [5, 5.41) is 30.8. The van der Waals surface area contributed by atoms with Crippen LogP contribution in [0.25, 0.3) is 33.4 Å². The normalized spacial score (nSPS) is 11.7. The van der Waals surface area contributed by atoms with Gasteiger partial charge in [0.15, 0.2) is 5.03 Å². The van der Waals surface area contributed by atoms with Gasteiger partial charge in [-0.2, -0.15) is 15.3 Å². The van der Waals surface area contributed by atoms with E-state index >= 15 is 0 Å². The number of benzene rings is 3. The predicted molar refractivity (Wildman–Crippen MR) is 373 cm³/mol. The minimum Gasteiger partial charge on any atom is -0.478 e. The van der Waals surface area contributed by atoms with E-state index in [-0.39, 0.29) is 39.9 Å². The van der Waals surface area contributed by atoms with Gasteiger partial charge in [0.2, 0.25) is 9.84 Å². The van der Waals surface area contributed by atoms with Crippen molar-refractivity contribution in [3.63, 3.8) is 0 Å². The van der Waals surface area contributed by atoms with Crippen molar-refractivity contribution in [2.75, 3.05) is 12.4 Å². The maximum atomic E-state index is 12.8. The molecule has 6 heterocycles. The molecule has 9 aromatic rings. The summed E-state index contributed by atoms with van der Waals surface area (Å²) in [6.07, 6.45) is 17.3. The standard InChI is InChI=1S/C26H38N2O4S.C20H23N3O2S2.C15H14N4O4S2.C5H6BrNS/c1-7-9-10-19(8-2)18-31-24(29)11-12-33-23-14-20(22-16-27-28(6)17-22)13-21(15-23)25(30)32-26(3,4)5;1-6-17-22-18(12-26-17)27-16-8-13(15-10-21-23(5)11-15)7-14(9-16)19(24)25-20(2,3)4;1-19-7-11(6-17-19)9-2-10(15(20)21)4-12(3-9)25(22,23)14-8-24-13(5-16)18-14;1-2-5-7-4(6)3-8-5/h13-17,19H,7-12,18H2,1-6H3;7-12H,6H2,1-5H3;2-4,6-8H,5,16H2,1H3,(H,20,21);3H,2H2,1H3. The number of carboxylic acids is 1. The van der Waals surface area contributed by atoms with Gasteiger partial charge >= 0.3 is 23.9 Å². The lowest BCUT2D eigenvalue weighted by atomic mass is 10.0. The fraction of sp³-hybridized carbons (Fsp3) is 0.394. The quantitative estimate of drug-likeness (QED) is 0.0342. The van der Waals surface area contributed by atoms with E-state index in [0.717, 1.165) is 96.2 Å². The van der Waals surface area contributed by atoms with Gasteiger partial charge in [0.05, 0.1) is 63.2 Å². The highest BCUT2D eigenvalue weighted by Gasteiger charge is 2.25. The minimum absolute atomic E-state index is 0.130. The number of unbranched alkanes of at least 4 members (excludes halogenated alkanes) is 1. The maximum Gasteiger partial charge on any atom is 0.338 e. The van der Waals surface area contributed by atoms with Gasteiger partial charge in [-0.1, -0.05) is 58.7 Å². The van der Waals surface area contributed by atoms with Gasteiger partial charge < -0.3 is 25.1 Å². The number of esters is 3. The number of nitrogens with zero attached hydrogens (tertiary/aromatic N) is 9. The average Bonchev–Trinajstić information content (AvgIpc) is 1.80. The third-order valence-corrected chi connectivity index (χ3v) is 20.5. The van der Waals surface area contributed by atoms with Crippen LogP contribution in [-0.2, 0) is 69.4 Å². The van der Waals surface area contributed by atoms with Crippen LogP contribution in [0.4, 0.5) is 0 Å². The first-order valence-corrected chi connectivity index (χ1v) is 36.7. The topological polar surface area (TPSA) is 268 Å². The molecule has 20 nitrogen and oxygen atoms in total. The SMILES string of the molecule is CCCCC(CC)COC(=O)CCSc1cc(C(=O)OC(C)(C)C)cc(-c2cnn(C)c2)c1.CCc1nc(Br)cs1.CCc1nc(Sc2cc(C(=O)OC(C)(C)C)cc(-c3cnn(C)c3)c2)cs1.Cn1cc(-c2cc(C(=O)O)cc(S(=O)(=O)c3csc(CN)n3)c2)cn1. The number of aromatic nitrogens is 9. The Morgan fingerprint density at radius 2 is 1.15 bits per heavy atom. The highest BCUT2D eigenvalue weighted by Crippen LogP contribution is 2.35. The van der Waals surface area contributed by atoms with E-state index in [1.54, 1.807) is 74.1 Å². The molecular weight excluding hydrogens is 1370 g/mol. The first-order valence-electron chi connectivity index (χ1n) is 30.0. The second-order valence-electron chi connectivity index (χ2n) is 23.2. The summed E-state index contributed by atoms with van der Waals surface area (Å²) in [4.78, 5) is 63.5. The predicted octanol–water partition coefficient (Wildman–Crippen LogP) is 15.5. The number of carboxylic acid groups (broad SMARTS) is 1. The molecule has 0 radical (unpaired) electrons. The number of thiazole rings is 3. The van der Waals surface area contributed by atoms with E-state index in [4.69, 9.17) is 19.9 Å². The number of nitrogens with two attached hydrogens (primary N) is 1. The van der Waals surface area contributed by atoms with Crippen LogP contribution >= 0.6 is 73.5 Å². The number of carbonyl (C=O) groups excluding carboxylic acids is 3. The van der Waals surface area contributed by atoms with Crippen molar-refractivity contribution in [1.82, 2.24) is 44.3 Å². The number of carbonyl (C=O) groups is 4. The molecule has 0 aliphatic heterocycles. The van der Waals surface area contributed by atoms with Gasteiger partial charge in [-0.05, 0) is 154 Å². The van der Waals surface area contributed by atoms with Crippen LogP contribution in [-0.4, -0.2) is 105 Å². The van der Waals surface area contributed by atoms with Crippen molar-refractivity contribution in [2.24, 2.45) is 32.8 Å². The van der Waals surface area contributed by atoms with Crippen LogP contribution in [0.2, 0.25) is 0 Å². The molecule has 0 saturated carbocycles. The maximum absolute atomic E-state index is 12.8. The van der Waals surface area contributed by atoms with Crippen LogP contribution < -0.4 is 5.73 Å². The Balaban J connectivity index is 0.000000210. The number of aromatic carboxylic acids is 1. The summed E-state index contributed by atoms with van der Waals surface area (Å²) in [7, 11) is 1.49. The molecule has 93 heavy (non-hydrogen) atoms. The molecule has 9 rings (SSSR count). The Morgan fingerprint density at radius 3 is 1.59 bits per heavy atom. The van der Waals surface area contributed by atoms with Crippen molar-refractivity contribution in [1.29, 1.82) is 0 Å². The van der Waals surface area contributed by atoms with Gasteiger partial charge in [0, 0.05) is 94.7 Å². The largest absolute Gasteiger partial charge is 0.478 e. The zero-order valence-corrected chi connectivity index (χ0v) is 61.1. The molecule has 1 unspecified atom stereocenters. The van der Waals surface area contributed by atoms with Crippen LogP contribution in [0.15, 0.2) is 137 Å². The molecule has 1 atom stereocenters. The third-order valence-electron chi connectivity index (χ3n) is 13.1. The minimum atomic E-state index is -3.95. The van der Waals surface area contributed by atoms with Gasteiger partial charge in [-0.25, -0.2) is 37.8 Å². The fourth-order valence-electron chi connectivity index (χ4n) is 8.48. The van der Waals surface area contributed by atoms with E-state index in [1.165, 1.54) is 46.9 Å². The molecule has 0 saturated heterocycles. The third kappa shape index (κ3) is 24.1. The van der Waals surface area contributed by atoms with Gasteiger partial charge in [-0.3, -0.25) is 18.8 Å². The second-order valence-corrected chi connectivity index (χ2v) is 31.0. The molecule has 27 heteroatoms. The van der Waals surface area contributed by atoms with Crippen molar-refractivity contribution in [2.45, 2.75) is 157 Å². The molecule has 3 aromatic carbocycles. The summed E-state index contributed by atoms with van der Waals surface area (Å²) in [5.41, 5.74) is 9.99. The molecule has 0 amide bonds. The molecule has 6 aromatic heterocycles. The van der Waals surface area contributed by atoms with Gasteiger partial charge in [0.1, 0.15) is 25.8 Å². The number of sulfone groups is 1. The highest BCUT2D eigenvalue weighted by molar-refractivity contribution is 9.10. The van der Waals surface area contributed by atoms with E-state index in [9.17, 15) is 32.7 Å². The number of hydrogen-bond donors (Lipinski definition) is 2. The molecular formula is C66H81BrN10O10S6. The van der Waals surface area contributed by atoms with Gasteiger partial charge in [0.25, 0.3) is 0 Å². The number of thioether (sulfide) groups is 1. The Bertz CT molecular complexity index is 4060.